The number of aryl methyl sites for hydroxylation is 1. The minimum absolute atomic E-state index is 0.144. The predicted molar refractivity (Wildman–Crippen MR) is 87.5 cm³/mol. The Labute approximate surface area is 132 Å². The Bertz CT molecular complexity index is 725. The first kappa shape index (κ1) is 16.2. The fourth-order valence-electron chi connectivity index (χ4n) is 1.79. The molecule has 1 heterocycles. The van der Waals surface area contributed by atoms with E-state index in [1.807, 2.05) is 31.2 Å². The molecule has 112 valence electrons. The summed E-state index contributed by atoms with van der Waals surface area (Å²) in [5.41, 5.74) is 1.94. The molecule has 1 N–H and O–H groups in total. The first-order valence-corrected chi connectivity index (χ1v) is 8.87. The lowest BCUT2D eigenvalue weighted by molar-refractivity contribution is -0.121. The van der Waals surface area contributed by atoms with E-state index in [4.69, 9.17) is 16.8 Å². The van der Waals surface area contributed by atoms with Gasteiger partial charge in [-0.2, -0.15) is 8.42 Å². The van der Waals surface area contributed by atoms with Gasteiger partial charge in [-0.05, 0) is 24.1 Å². The van der Waals surface area contributed by atoms with Gasteiger partial charge in [0.05, 0.1) is 10.7 Å². The molecule has 0 radical (unpaired) electrons. The number of nitrogens with zero attached hydrogens (tertiary/aromatic N) is 1. The lowest BCUT2D eigenvalue weighted by Crippen LogP contribution is -2.32. The van der Waals surface area contributed by atoms with E-state index in [-0.39, 0.29) is 12.5 Å². The molecule has 0 spiro atoms. The highest BCUT2D eigenvalue weighted by Gasteiger charge is 2.32. The van der Waals surface area contributed by atoms with Crippen molar-refractivity contribution in [2.24, 2.45) is 0 Å². The fraction of sp³-hybridized carbons (Fsp3) is 0.231. The summed E-state index contributed by atoms with van der Waals surface area (Å²) in [6.07, 6.45) is 1.74. The smallest absolute Gasteiger partial charge is 0.266 e. The number of carbonyl (C=O) groups excluding carboxylic acids is 1. The molecule has 21 heavy (non-hydrogen) atoms. The summed E-state index contributed by atoms with van der Waals surface area (Å²) in [4.78, 5) is 13.9. The SMILES string of the molecule is Cc1ccccc1/C=C1\SC(=S)N(CCS(=O)(=O)O)C1=O. The van der Waals surface area contributed by atoms with Crippen molar-refractivity contribution in [3.63, 3.8) is 0 Å². The lowest BCUT2D eigenvalue weighted by Gasteiger charge is -2.12. The minimum Gasteiger partial charge on any atom is -0.292 e. The maximum absolute atomic E-state index is 12.2. The van der Waals surface area contributed by atoms with Gasteiger partial charge in [0.15, 0.2) is 0 Å². The standard InChI is InChI=1S/C13H13NO4S3/c1-9-4-2-3-5-10(9)8-11-12(15)14(13(19)20-11)6-7-21(16,17)18/h2-5,8H,6-7H2,1H3,(H,16,17,18)/b11-8-. The highest BCUT2D eigenvalue weighted by Crippen LogP contribution is 2.32. The van der Waals surface area contributed by atoms with E-state index >= 15 is 0 Å². The maximum atomic E-state index is 12.2. The minimum atomic E-state index is -4.12. The lowest BCUT2D eigenvalue weighted by atomic mass is 10.1. The van der Waals surface area contributed by atoms with Crippen LogP contribution < -0.4 is 0 Å². The molecule has 1 aromatic carbocycles. The van der Waals surface area contributed by atoms with Crippen LogP contribution in [-0.4, -0.2) is 40.4 Å². The molecule has 5 nitrogen and oxygen atoms in total. The zero-order chi connectivity index (χ0) is 15.6. The molecule has 0 saturated carbocycles. The number of thiocarbonyl (C=S) groups is 1. The van der Waals surface area contributed by atoms with Crippen LogP contribution in [0.1, 0.15) is 11.1 Å². The van der Waals surface area contributed by atoms with E-state index < -0.39 is 15.9 Å². The molecule has 1 amide bonds. The van der Waals surface area contributed by atoms with Gasteiger partial charge in [-0.3, -0.25) is 14.2 Å². The summed E-state index contributed by atoms with van der Waals surface area (Å²) in [6, 6.07) is 7.60. The summed E-state index contributed by atoms with van der Waals surface area (Å²) in [5, 5.41) is 0. The zero-order valence-corrected chi connectivity index (χ0v) is 13.6. The second-order valence-corrected chi connectivity index (χ2v) is 7.72. The third-order valence-electron chi connectivity index (χ3n) is 2.92. The Morgan fingerprint density at radius 1 is 1.38 bits per heavy atom. The van der Waals surface area contributed by atoms with Gasteiger partial charge in [-0.15, -0.1) is 0 Å². The van der Waals surface area contributed by atoms with Crippen molar-refractivity contribution < 1.29 is 17.8 Å². The van der Waals surface area contributed by atoms with Gasteiger partial charge >= 0.3 is 0 Å². The third kappa shape index (κ3) is 4.13. The molecule has 1 fully saturated rings. The normalized spacial score (nSPS) is 17.8. The maximum Gasteiger partial charge on any atom is 0.266 e. The van der Waals surface area contributed by atoms with Crippen LogP contribution in [0.3, 0.4) is 0 Å². The van der Waals surface area contributed by atoms with Crippen molar-refractivity contribution in [2.75, 3.05) is 12.3 Å². The predicted octanol–water partition coefficient (Wildman–Crippen LogP) is 2.08. The van der Waals surface area contributed by atoms with E-state index in [9.17, 15) is 13.2 Å². The summed E-state index contributed by atoms with van der Waals surface area (Å²) in [5.74, 6) is -0.867. The second kappa shape index (κ2) is 6.27. The summed E-state index contributed by atoms with van der Waals surface area (Å²) < 4.78 is 30.6. The molecule has 1 aliphatic heterocycles. The van der Waals surface area contributed by atoms with Crippen molar-refractivity contribution in [3.05, 3.63) is 40.3 Å². The first-order chi connectivity index (χ1) is 9.78. The van der Waals surface area contributed by atoms with Gasteiger partial charge in [0.1, 0.15) is 4.32 Å². The third-order valence-corrected chi connectivity index (χ3v) is 5.00. The molecule has 0 unspecified atom stereocenters. The Morgan fingerprint density at radius 2 is 2.05 bits per heavy atom. The van der Waals surface area contributed by atoms with Crippen LogP contribution in [0.15, 0.2) is 29.2 Å². The Hall–Kier alpha value is -1.22. The van der Waals surface area contributed by atoms with Gasteiger partial charge in [0, 0.05) is 6.54 Å². The van der Waals surface area contributed by atoms with Crippen LogP contribution in [0.2, 0.25) is 0 Å². The van der Waals surface area contributed by atoms with Gasteiger partial charge in [0.25, 0.3) is 16.0 Å². The van der Waals surface area contributed by atoms with E-state index in [0.717, 1.165) is 22.9 Å². The van der Waals surface area contributed by atoms with Crippen LogP contribution in [-0.2, 0) is 14.9 Å². The molecule has 2 rings (SSSR count). The number of hydrogen-bond donors (Lipinski definition) is 1. The van der Waals surface area contributed by atoms with E-state index in [0.29, 0.717) is 9.23 Å². The second-order valence-electron chi connectivity index (χ2n) is 4.48. The van der Waals surface area contributed by atoms with Crippen LogP contribution in [0.25, 0.3) is 6.08 Å². The molecule has 0 bridgehead atoms. The summed E-state index contributed by atoms with van der Waals surface area (Å²) in [6.45, 7) is 1.79. The summed E-state index contributed by atoms with van der Waals surface area (Å²) in [7, 11) is -4.12. The number of rotatable bonds is 4. The van der Waals surface area contributed by atoms with Crippen LogP contribution in [0, 0.1) is 6.92 Å². The Balaban J connectivity index is 2.20. The molecule has 8 heteroatoms. The quantitative estimate of drug-likeness (QED) is 0.513. The van der Waals surface area contributed by atoms with E-state index in [2.05, 4.69) is 0 Å². The number of carbonyl (C=O) groups is 1. The monoisotopic (exact) mass is 343 g/mol. The average molecular weight is 343 g/mol. The molecular formula is C13H13NO4S3. The Kier molecular flexibility index (Phi) is 4.82. The van der Waals surface area contributed by atoms with E-state index in [1.54, 1.807) is 6.08 Å². The van der Waals surface area contributed by atoms with Crippen molar-refractivity contribution in [1.82, 2.24) is 4.90 Å². The summed E-state index contributed by atoms with van der Waals surface area (Å²) >= 11 is 6.21. The van der Waals surface area contributed by atoms with Crippen molar-refractivity contribution in [2.45, 2.75) is 6.92 Å². The van der Waals surface area contributed by atoms with Crippen LogP contribution in [0.4, 0.5) is 0 Å². The van der Waals surface area contributed by atoms with Gasteiger partial charge < -0.3 is 0 Å². The first-order valence-electron chi connectivity index (χ1n) is 6.04. The number of hydrogen-bond acceptors (Lipinski definition) is 5. The molecule has 0 aliphatic carbocycles. The fourth-order valence-corrected chi connectivity index (χ4v) is 3.50. The molecule has 0 aromatic heterocycles. The highest BCUT2D eigenvalue weighted by atomic mass is 32.2. The van der Waals surface area contributed by atoms with Gasteiger partial charge in [-0.1, -0.05) is 48.2 Å². The molecule has 1 saturated heterocycles. The number of thioether (sulfide) groups is 1. The van der Waals surface area contributed by atoms with Crippen LogP contribution >= 0.6 is 24.0 Å². The molecule has 1 aliphatic rings. The van der Waals surface area contributed by atoms with Crippen LogP contribution in [0.5, 0.6) is 0 Å². The van der Waals surface area contributed by atoms with Gasteiger partial charge in [-0.25, -0.2) is 0 Å². The van der Waals surface area contributed by atoms with Crippen molar-refractivity contribution in [1.29, 1.82) is 0 Å². The number of benzene rings is 1. The largest absolute Gasteiger partial charge is 0.292 e. The zero-order valence-electron chi connectivity index (χ0n) is 11.1. The average Bonchev–Trinajstić information content (AvgIpc) is 2.64. The Morgan fingerprint density at radius 3 is 2.67 bits per heavy atom. The van der Waals surface area contributed by atoms with Crippen molar-refractivity contribution in [3.8, 4) is 0 Å². The molecule has 1 aromatic rings. The van der Waals surface area contributed by atoms with Crippen molar-refractivity contribution >= 4 is 50.4 Å². The molecule has 0 atom stereocenters. The number of amides is 1. The molecular weight excluding hydrogens is 330 g/mol. The van der Waals surface area contributed by atoms with Gasteiger partial charge in [0.2, 0.25) is 0 Å². The van der Waals surface area contributed by atoms with E-state index in [1.165, 1.54) is 4.90 Å². The highest BCUT2D eigenvalue weighted by molar-refractivity contribution is 8.26. The topological polar surface area (TPSA) is 74.7 Å².